The topological polar surface area (TPSA) is 59.3 Å². The molecule has 142 valence electrons. The van der Waals surface area contributed by atoms with E-state index in [1.807, 2.05) is 32.6 Å². The number of hydrogen-bond donors (Lipinski definition) is 0. The molecule has 0 saturated carbocycles. The van der Waals surface area contributed by atoms with Gasteiger partial charge in [0.15, 0.2) is 0 Å². The van der Waals surface area contributed by atoms with Gasteiger partial charge in [-0.2, -0.15) is 0 Å². The first-order valence-electron chi connectivity index (χ1n) is 9.53. The molecular weight excluding hydrogens is 340 g/mol. The van der Waals surface area contributed by atoms with E-state index in [2.05, 4.69) is 47.5 Å². The quantitative estimate of drug-likeness (QED) is 0.668. The van der Waals surface area contributed by atoms with E-state index in [1.165, 1.54) is 5.69 Å². The van der Waals surface area contributed by atoms with Gasteiger partial charge in [-0.25, -0.2) is 15.0 Å². The number of imidazole rings is 1. The molecule has 0 bridgehead atoms. The average Bonchev–Trinajstić information content (AvgIpc) is 3.20. The zero-order chi connectivity index (χ0) is 18.6. The summed E-state index contributed by atoms with van der Waals surface area (Å²) in [5.74, 6) is 0.663. The number of fused-ring (bicyclic) bond motifs is 1. The molecule has 1 aliphatic heterocycles. The van der Waals surface area contributed by atoms with Crippen molar-refractivity contribution >= 4 is 16.6 Å². The molecule has 1 saturated heterocycles. The van der Waals surface area contributed by atoms with Crippen molar-refractivity contribution < 1.29 is 4.74 Å². The Hall–Kier alpha value is -2.67. The summed E-state index contributed by atoms with van der Waals surface area (Å²) in [5.41, 5.74) is 2.13. The van der Waals surface area contributed by atoms with Crippen LogP contribution < -0.4 is 9.64 Å². The molecule has 7 heteroatoms. The van der Waals surface area contributed by atoms with Crippen LogP contribution in [0.25, 0.3) is 10.9 Å². The highest BCUT2D eigenvalue weighted by Gasteiger charge is 2.18. The zero-order valence-corrected chi connectivity index (χ0v) is 16.0. The summed E-state index contributed by atoms with van der Waals surface area (Å²) >= 11 is 0. The molecule has 0 N–H and O–H groups in total. The number of benzene rings is 1. The Balaban J connectivity index is 1.42. The molecule has 0 radical (unpaired) electrons. The smallest absolute Gasteiger partial charge is 0.224 e. The van der Waals surface area contributed by atoms with Crippen LogP contribution >= 0.6 is 0 Å². The third-order valence-electron chi connectivity index (χ3n) is 4.90. The number of aromatic nitrogens is 4. The van der Waals surface area contributed by atoms with E-state index in [1.54, 1.807) is 6.33 Å². The summed E-state index contributed by atoms with van der Waals surface area (Å²) in [6, 6.07) is 6.37. The van der Waals surface area contributed by atoms with E-state index in [0.717, 1.165) is 50.2 Å². The number of rotatable bonds is 6. The van der Waals surface area contributed by atoms with E-state index in [-0.39, 0.29) is 6.10 Å². The second kappa shape index (κ2) is 7.92. The van der Waals surface area contributed by atoms with Gasteiger partial charge in [-0.15, -0.1) is 0 Å². The van der Waals surface area contributed by atoms with E-state index in [9.17, 15) is 0 Å². The number of piperazine rings is 1. The number of nitrogens with zero attached hydrogens (tertiary/aromatic N) is 6. The molecule has 1 fully saturated rings. The van der Waals surface area contributed by atoms with Gasteiger partial charge in [-0.1, -0.05) is 0 Å². The first kappa shape index (κ1) is 17.7. The Morgan fingerprint density at radius 1 is 1.07 bits per heavy atom. The van der Waals surface area contributed by atoms with Crippen molar-refractivity contribution in [3.8, 4) is 5.88 Å². The molecule has 4 rings (SSSR count). The molecule has 2 aromatic heterocycles. The van der Waals surface area contributed by atoms with Crippen molar-refractivity contribution in [3.63, 3.8) is 0 Å². The minimum Gasteiger partial charge on any atom is -0.474 e. The minimum absolute atomic E-state index is 0.0887. The fraction of sp³-hybridized carbons (Fsp3) is 0.450. The lowest BCUT2D eigenvalue weighted by Crippen LogP contribution is -2.47. The van der Waals surface area contributed by atoms with Gasteiger partial charge >= 0.3 is 0 Å². The summed E-state index contributed by atoms with van der Waals surface area (Å²) in [6.07, 6.45) is 7.39. The van der Waals surface area contributed by atoms with Crippen LogP contribution in [0.2, 0.25) is 0 Å². The number of anilines is 1. The largest absolute Gasteiger partial charge is 0.474 e. The summed E-state index contributed by atoms with van der Waals surface area (Å²) < 4.78 is 8.00. The van der Waals surface area contributed by atoms with Crippen LogP contribution in [0.15, 0.2) is 43.2 Å². The summed E-state index contributed by atoms with van der Waals surface area (Å²) in [5, 5.41) is 0.978. The molecular formula is C20H26N6O. The maximum Gasteiger partial charge on any atom is 0.224 e. The van der Waals surface area contributed by atoms with Crippen LogP contribution in [-0.2, 0) is 6.54 Å². The third kappa shape index (κ3) is 4.19. The lowest BCUT2D eigenvalue weighted by atomic mass is 10.2. The first-order chi connectivity index (χ1) is 13.2. The van der Waals surface area contributed by atoms with Crippen LogP contribution in [0.3, 0.4) is 0 Å². The highest BCUT2D eigenvalue weighted by molar-refractivity contribution is 5.86. The van der Waals surface area contributed by atoms with Crippen molar-refractivity contribution in [3.05, 3.63) is 43.2 Å². The Labute approximate surface area is 159 Å². The monoisotopic (exact) mass is 366 g/mol. The lowest BCUT2D eigenvalue weighted by Gasteiger charge is -2.36. The van der Waals surface area contributed by atoms with Gasteiger partial charge in [0.05, 0.1) is 23.3 Å². The fourth-order valence-electron chi connectivity index (χ4n) is 3.44. The van der Waals surface area contributed by atoms with Crippen LogP contribution in [0.4, 0.5) is 5.69 Å². The van der Waals surface area contributed by atoms with Crippen molar-refractivity contribution in [1.29, 1.82) is 0 Å². The SMILES string of the molecule is CC(C)Oc1ncnc2ccc(N3CCN(CCn4ccnc4)CC3)cc12. The van der Waals surface area contributed by atoms with E-state index >= 15 is 0 Å². The molecule has 0 amide bonds. The maximum absolute atomic E-state index is 5.87. The van der Waals surface area contributed by atoms with Crippen molar-refractivity contribution in [1.82, 2.24) is 24.4 Å². The van der Waals surface area contributed by atoms with Crippen LogP contribution in [0, 0.1) is 0 Å². The summed E-state index contributed by atoms with van der Waals surface area (Å²) in [4.78, 5) is 17.7. The van der Waals surface area contributed by atoms with Gasteiger partial charge < -0.3 is 14.2 Å². The van der Waals surface area contributed by atoms with E-state index in [0.29, 0.717) is 5.88 Å². The van der Waals surface area contributed by atoms with Crippen LogP contribution in [0.5, 0.6) is 5.88 Å². The summed E-state index contributed by atoms with van der Waals surface area (Å²) in [7, 11) is 0. The van der Waals surface area contributed by atoms with Gasteiger partial charge in [0, 0.05) is 57.3 Å². The number of ether oxygens (including phenoxy) is 1. The second-order valence-electron chi connectivity index (χ2n) is 7.18. The molecule has 1 aromatic carbocycles. The highest BCUT2D eigenvalue weighted by Crippen LogP contribution is 2.27. The van der Waals surface area contributed by atoms with E-state index < -0.39 is 0 Å². The van der Waals surface area contributed by atoms with Gasteiger partial charge in [0.1, 0.15) is 6.33 Å². The van der Waals surface area contributed by atoms with Gasteiger partial charge in [-0.05, 0) is 32.0 Å². The third-order valence-corrected chi connectivity index (χ3v) is 4.90. The van der Waals surface area contributed by atoms with Crippen molar-refractivity contribution in [2.24, 2.45) is 0 Å². The predicted octanol–water partition coefficient (Wildman–Crippen LogP) is 2.44. The van der Waals surface area contributed by atoms with Gasteiger partial charge in [0.2, 0.25) is 5.88 Å². The standard InChI is InChI=1S/C20H26N6O/c1-16(2)27-20-18-13-17(3-4-19(18)22-14-23-20)26-11-9-24(10-12-26)7-8-25-6-5-21-15-25/h3-6,13-16H,7-12H2,1-2H3. The van der Waals surface area contributed by atoms with Crippen LogP contribution in [-0.4, -0.2) is 63.2 Å². The Morgan fingerprint density at radius 2 is 1.93 bits per heavy atom. The van der Waals surface area contributed by atoms with Crippen molar-refractivity contribution in [2.75, 3.05) is 37.6 Å². The second-order valence-corrected chi connectivity index (χ2v) is 7.18. The molecule has 1 aliphatic rings. The molecule has 0 spiro atoms. The Kier molecular flexibility index (Phi) is 5.20. The molecule has 3 aromatic rings. The molecule has 0 aliphatic carbocycles. The van der Waals surface area contributed by atoms with Gasteiger partial charge in [-0.3, -0.25) is 4.90 Å². The van der Waals surface area contributed by atoms with Gasteiger partial charge in [0.25, 0.3) is 0 Å². The average molecular weight is 366 g/mol. The zero-order valence-electron chi connectivity index (χ0n) is 16.0. The molecule has 0 atom stereocenters. The normalized spacial score (nSPS) is 15.6. The Morgan fingerprint density at radius 3 is 2.67 bits per heavy atom. The van der Waals surface area contributed by atoms with Crippen molar-refractivity contribution in [2.45, 2.75) is 26.5 Å². The minimum atomic E-state index is 0.0887. The summed E-state index contributed by atoms with van der Waals surface area (Å²) in [6.45, 7) is 10.2. The number of hydrogen-bond acceptors (Lipinski definition) is 6. The molecule has 0 unspecified atom stereocenters. The first-order valence-corrected chi connectivity index (χ1v) is 9.53. The van der Waals surface area contributed by atoms with Crippen LogP contribution in [0.1, 0.15) is 13.8 Å². The molecule has 7 nitrogen and oxygen atoms in total. The molecule has 27 heavy (non-hydrogen) atoms. The highest BCUT2D eigenvalue weighted by atomic mass is 16.5. The lowest BCUT2D eigenvalue weighted by molar-refractivity contribution is 0.235. The fourth-order valence-corrected chi connectivity index (χ4v) is 3.44. The Bertz CT molecular complexity index is 871. The molecule has 3 heterocycles. The maximum atomic E-state index is 5.87. The van der Waals surface area contributed by atoms with E-state index in [4.69, 9.17) is 4.74 Å². The predicted molar refractivity (Wildman–Crippen MR) is 106 cm³/mol.